The van der Waals surface area contributed by atoms with Gasteiger partial charge in [0.25, 0.3) is 0 Å². The SMILES string of the molecule is C=C(/C=C\C=C(/C)C(C)F)c1cc2cn(CCC(C)O)nc2cc1C1CC1CC. The van der Waals surface area contributed by atoms with Crippen LogP contribution in [0, 0.1) is 5.92 Å². The molecule has 4 unspecified atom stereocenters. The third-order valence-electron chi connectivity index (χ3n) is 5.98. The predicted octanol–water partition coefficient (Wildman–Crippen LogP) is 6.19. The van der Waals surface area contributed by atoms with Crippen molar-refractivity contribution in [3.63, 3.8) is 0 Å². The highest BCUT2D eigenvalue weighted by Gasteiger charge is 2.38. The van der Waals surface area contributed by atoms with Crippen LogP contribution in [0.5, 0.6) is 0 Å². The molecule has 4 heteroatoms. The van der Waals surface area contributed by atoms with Gasteiger partial charge in [0.15, 0.2) is 0 Å². The number of aryl methyl sites for hydroxylation is 1. The molecule has 156 valence electrons. The molecule has 29 heavy (non-hydrogen) atoms. The number of alkyl halides is 1. The number of rotatable bonds is 9. The first-order valence-corrected chi connectivity index (χ1v) is 10.7. The number of aromatic nitrogens is 2. The molecule has 1 saturated carbocycles. The molecule has 3 nitrogen and oxygen atoms in total. The number of benzene rings is 1. The molecule has 1 aliphatic carbocycles. The van der Waals surface area contributed by atoms with Crippen LogP contribution in [-0.2, 0) is 6.54 Å². The van der Waals surface area contributed by atoms with Crippen LogP contribution in [0.4, 0.5) is 4.39 Å². The lowest BCUT2D eigenvalue weighted by molar-refractivity contribution is 0.176. The van der Waals surface area contributed by atoms with Crippen LogP contribution >= 0.6 is 0 Å². The fourth-order valence-electron chi connectivity index (χ4n) is 3.78. The van der Waals surface area contributed by atoms with Crippen LogP contribution in [-0.4, -0.2) is 27.2 Å². The maximum absolute atomic E-state index is 13.3. The van der Waals surface area contributed by atoms with Gasteiger partial charge >= 0.3 is 0 Å². The number of fused-ring (bicyclic) bond motifs is 1. The molecular weight excluding hydrogens is 363 g/mol. The molecule has 0 amide bonds. The monoisotopic (exact) mass is 396 g/mol. The second-order valence-electron chi connectivity index (χ2n) is 8.45. The van der Waals surface area contributed by atoms with Gasteiger partial charge in [0.05, 0.1) is 11.6 Å². The smallest absolute Gasteiger partial charge is 0.118 e. The zero-order valence-electron chi connectivity index (χ0n) is 18.0. The molecule has 1 fully saturated rings. The maximum atomic E-state index is 13.3. The number of nitrogens with zero attached hydrogens (tertiary/aromatic N) is 2. The summed E-state index contributed by atoms with van der Waals surface area (Å²) in [7, 11) is 0. The molecule has 1 aromatic heterocycles. The summed E-state index contributed by atoms with van der Waals surface area (Å²) in [4.78, 5) is 0. The van der Waals surface area contributed by atoms with E-state index < -0.39 is 6.17 Å². The Bertz CT molecular complexity index is 936. The summed E-state index contributed by atoms with van der Waals surface area (Å²) < 4.78 is 15.3. The Labute approximate surface area is 173 Å². The van der Waals surface area contributed by atoms with Crippen molar-refractivity contribution in [1.29, 1.82) is 0 Å². The summed E-state index contributed by atoms with van der Waals surface area (Å²) in [5.74, 6) is 1.30. The lowest BCUT2D eigenvalue weighted by atomic mass is 9.94. The number of aliphatic hydroxyl groups excluding tert-OH is 1. The van der Waals surface area contributed by atoms with Crippen molar-refractivity contribution >= 4 is 16.5 Å². The van der Waals surface area contributed by atoms with Gasteiger partial charge in [-0.2, -0.15) is 5.10 Å². The molecule has 2 aromatic rings. The van der Waals surface area contributed by atoms with Gasteiger partial charge in [0.1, 0.15) is 6.17 Å². The zero-order chi connectivity index (χ0) is 21.1. The zero-order valence-corrected chi connectivity index (χ0v) is 18.0. The van der Waals surface area contributed by atoms with Crippen molar-refractivity contribution in [3.8, 4) is 0 Å². The van der Waals surface area contributed by atoms with E-state index >= 15 is 0 Å². The van der Waals surface area contributed by atoms with Crippen LogP contribution in [0.2, 0.25) is 0 Å². The average molecular weight is 397 g/mol. The molecule has 1 N–H and O–H groups in total. The minimum absolute atomic E-state index is 0.335. The fraction of sp³-hybridized carbons (Fsp3) is 0.480. The van der Waals surface area contributed by atoms with E-state index in [2.05, 4.69) is 25.6 Å². The van der Waals surface area contributed by atoms with Crippen LogP contribution in [0.25, 0.3) is 16.5 Å². The van der Waals surface area contributed by atoms with E-state index in [1.54, 1.807) is 20.8 Å². The van der Waals surface area contributed by atoms with Gasteiger partial charge in [-0.1, -0.05) is 38.2 Å². The van der Waals surface area contributed by atoms with Crippen molar-refractivity contribution in [2.75, 3.05) is 0 Å². The van der Waals surface area contributed by atoms with E-state index in [1.807, 2.05) is 29.1 Å². The fourth-order valence-corrected chi connectivity index (χ4v) is 3.78. The van der Waals surface area contributed by atoms with E-state index in [9.17, 15) is 9.50 Å². The van der Waals surface area contributed by atoms with Crippen LogP contribution in [0.1, 0.15) is 64.0 Å². The quantitative estimate of drug-likeness (QED) is 0.513. The Morgan fingerprint density at radius 1 is 1.41 bits per heavy atom. The lowest BCUT2D eigenvalue weighted by Gasteiger charge is -2.10. The number of allylic oxidation sites excluding steroid dienone is 5. The minimum atomic E-state index is -0.941. The van der Waals surface area contributed by atoms with Crippen molar-refractivity contribution in [1.82, 2.24) is 9.78 Å². The maximum Gasteiger partial charge on any atom is 0.118 e. The van der Waals surface area contributed by atoms with Crippen LogP contribution in [0.3, 0.4) is 0 Å². The number of hydrogen-bond donors (Lipinski definition) is 1. The summed E-state index contributed by atoms with van der Waals surface area (Å²) >= 11 is 0. The molecule has 0 aliphatic heterocycles. The average Bonchev–Trinajstić information content (AvgIpc) is 3.35. The Hall–Kier alpha value is -2.20. The first-order chi connectivity index (χ1) is 13.8. The van der Waals surface area contributed by atoms with Gasteiger partial charge in [-0.05, 0) is 79.9 Å². The van der Waals surface area contributed by atoms with Gasteiger partial charge in [0, 0.05) is 18.1 Å². The summed E-state index contributed by atoms with van der Waals surface area (Å²) in [6.07, 6.45) is 9.52. The molecule has 0 radical (unpaired) electrons. The van der Waals surface area contributed by atoms with Gasteiger partial charge in [0.2, 0.25) is 0 Å². The van der Waals surface area contributed by atoms with Crippen LogP contribution < -0.4 is 0 Å². The van der Waals surface area contributed by atoms with E-state index in [1.165, 1.54) is 18.4 Å². The number of aliphatic hydroxyl groups is 1. The van der Waals surface area contributed by atoms with Gasteiger partial charge in [-0.3, -0.25) is 4.68 Å². The predicted molar refractivity (Wildman–Crippen MR) is 120 cm³/mol. The Kier molecular flexibility index (Phi) is 6.74. The van der Waals surface area contributed by atoms with E-state index in [0.29, 0.717) is 24.5 Å². The standard InChI is InChI=1S/C25H33FN2O/c1-6-20-12-23(20)24-14-25-21(15-28(27-25)11-10-18(4)29)13-22(24)17(3)9-7-8-16(2)19(5)26/h7-9,13-15,18-20,23,29H,3,6,10-12H2,1-2,4-5H3/b9-7-,16-8+. The molecule has 0 spiro atoms. The van der Waals surface area contributed by atoms with E-state index in [-0.39, 0.29) is 6.10 Å². The third kappa shape index (κ3) is 5.24. The van der Waals surface area contributed by atoms with E-state index in [0.717, 1.165) is 28.0 Å². The molecule has 1 aromatic carbocycles. The molecule has 4 atom stereocenters. The van der Waals surface area contributed by atoms with Gasteiger partial charge in [-0.15, -0.1) is 0 Å². The highest BCUT2D eigenvalue weighted by Crippen LogP contribution is 2.51. The second-order valence-corrected chi connectivity index (χ2v) is 8.45. The summed E-state index contributed by atoms with van der Waals surface area (Å²) in [5.41, 5.74) is 5.12. The summed E-state index contributed by atoms with van der Waals surface area (Å²) in [6, 6.07) is 4.40. The van der Waals surface area contributed by atoms with Crippen molar-refractivity contribution in [2.24, 2.45) is 5.92 Å². The number of halogens is 1. The first kappa shape index (κ1) is 21.5. The highest BCUT2D eigenvalue weighted by atomic mass is 19.1. The normalized spacial score (nSPS) is 21.7. The van der Waals surface area contributed by atoms with Crippen molar-refractivity contribution < 1.29 is 9.50 Å². The Balaban J connectivity index is 1.93. The van der Waals surface area contributed by atoms with Crippen LogP contribution in [0.15, 0.2) is 48.7 Å². The lowest BCUT2D eigenvalue weighted by Crippen LogP contribution is -2.07. The molecule has 0 bridgehead atoms. The molecule has 0 saturated heterocycles. The topological polar surface area (TPSA) is 38.0 Å². The second kappa shape index (κ2) is 9.08. The molecule has 1 aliphatic rings. The summed E-state index contributed by atoms with van der Waals surface area (Å²) in [5, 5.41) is 15.4. The Morgan fingerprint density at radius 2 is 2.17 bits per heavy atom. The molecular formula is C25H33FN2O. The largest absolute Gasteiger partial charge is 0.393 e. The molecule has 3 rings (SSSR count). The number of hydrogen-bond acceptors (Lipinski definition) is 2. The Morgan fingerprint density at radius 3 is 2.79 bits per heavy atom. The first-order valence-electron chi connectivity index (χ1n) is 10.7. The minimum Gasteiger partial charge on any atom is -0.393 e. The highest BCUT2D eigenvalue weighted by molar-refractivity contribution is 5.87. The summed E-state index contributed by atoms with van der Waals surface area (Å²) in [6.45, 7) is 12.4. The van der Waals surface area contributed by atoms with E-state index in [4.69, 9.17) is 5.10 Å². The molecule has 1 heterocycles. The van der Waals surface area contributed by atoms with Crippen molar-refractivity contribution in [2.45, 2.75) is 71.7 Å². The van der Waals surface area contributed by atoms with Gasteiger partial charge in [-0.25, -0.2) is 4.39 Å². The van der Waals surface area contributed by atoms with Gasteiger partial charge < -0.3 is 5.11 Å². The third-order valence-corrected chi connectivity index (χ3v) is 5.98. The van der Waals surface area contributed by atoms with Crippen molar-refractivity contribution in [3.05, 3.63) is 59.8 Å².